The van der Waals surface area contributed by atoms with Gasteiger partial charge in [-0.3, -0.25) is 9.69 Å². The minimum atomic E-state index is -0.595. The molecule has 2 N–H and O–H groups in total. The third-order valence-corrected chi connectivity index (χ3v) is 4.75. The molecule has 1 aliphatic carbocycles. The Morgan fingerprint density at radius 3 is 2.94 bits per heavy atom. The van der Waals surface area contributed by atoms with Crippen LogP contribution in [0.15, 0.2) is 0 Å². The molecule has 0 aromatic carbocycles. The van der Waals surface area contributed by atoms with Crippen LogP contribution in [0.4, 0.5) is 0 Å². The van der Waals surface area contributed by atoms with E-state index in [9.17, 15) is 9.90 Å². The molecule has 0 aromatic rings. The first-order chi connectivity index (χ1) is 8.69. The fraction of sp³-hybridized carbons (Fsp3) is 0.929. The van der Waals surface area contributed by atoms with Crippen molar-refractivity contribution in [1.29, 1.82) is 0 Å². The van der Waals surface area contributed by atoms with Gasteiger partial charge in [0.2, 0.25) is 0 Å². The fourth-order valence-electron chi connectivity index (χ4n) is 3.60. The van der Waals surface area contributed by atoms with Crippen molar-refractivity contribution < 1.29 is 9.90 Å². The summed E-state index contributed by atoms with van der Waals surface area (Å²) in [4.78, 5) is 14.1. The number of rotatable bonds is 3. The third-order valence-electron chi connectivity index (χ3n) is 4.75. The average molecular weight is 254 g/mol. The first kappa shape index (κ1) is 13.8. The van der Waals surface area contributed by atoms with Gasteiger partial charge in [0.15, 0.2) is 0 Å². The summed E-state index contributed by atoms with van der Waals surface area (Å²) in [7, 11) is 0. The highest BCUT2D eigenvalue weighted by atomic mass is 16.4. The summed E-state index contributed by atoms with van der Waals surface area (Å²) in [5, 5.41) is 13.1. The molecule has 1 heterocycles. The Morgan fingerprint density at radius 2 is 2.22 bits per heavy atom. The molecule has 0 bridgehead atoms. The summed E-state index contributed by atoms with van der Waals surface area (Å²) >= 11 is 0. The summed E-state index contributed by atoms with van der Waals surface area (Å²) in [6, 6.07) is 0. The highest BCUT2D eigenvalue weighted by Crippen LogP contribution is 2.38. The maximum absolute atomic E-state index is 11.9. The Balaban J connectivity index is 2.16. The first-order valence-corrected chi connectivity index (χ1v) is 7.38. The van der Waals surface area contributed by atoms with Gasteiger partial charge in [0.1, 0.15) is 5.54 Å². The average Bonchev–Trinajstić information content (AvgIpc) is 2.67. The summed E-state index contributed by atoms with van der Waals surface area (Å²) < 4.78 is 0. The topological polar surface area (TPSA) is 52.6 Å². The Labute approximate surface area is 110 Å². The van der Waals surface area contributed by atoms with E-state index in [0.717, 1.165) is 58.3 Å². The molecule has 2 fully saturated rings. The maximum atomic E-state index is 11.9. The molecule has 1 saturated carbocycles. The van der Waals surface area contributed by atoms with Crippen LogP contribution in [0.5, 0.6) is 0 Å². The van der Waals surface area contributed by atoms with E-state index >= 15 is 0 Å². The zero-order chi connectivity index (χ0) is 13.0. The second-order valence-corrected chi connectivity index (χ2v) is 5.80. The number of hydrogen-bond donors (Lipinski definition) is 2. The van der Waals surface area contributed by atoms with Gasteiger partial charge in [-0.15, -0.1) is 0 Å². The Morgan fingerprint density at radius 1 is 1.39 bits per heavy atom. The zero-order valence-electron chi connectivity index (χ0n) is 11.5. The first-order valence-electron chi connectivity index (χ1n) is 7.38. The second-order valence-electron chi connectivity index (χ2n) is 5.80. The molecule has 4 heteroatoms. The van der Waals surface area contributed by atoms with Crippen molar-refractivity contribution in [3.8, 4) is 0 Å². The van der Waals surface area contributed by atoms with E-state index in [0.29, 0.717) is 5.92 Å². The Kier molecular flexibility index (Phi) is 4.62. The summed E-state index contributed by atoms with van der Waals surface area (Å²) in [5.41, 5.74) is -0.578. The molecule has 1 saturated heterocycles. The summed E-state index contributed by atoms with van der Waals surface area (Å²) in [6.07, 6.45) is 6.12. The van der Waals surface area contributed by atoms with Crippen molar-refractivity contribution in [1.82, 2.24) is 10.2 Å². The standard InChI is InChI=1S/C14H26N2O2/c1-2-12-5-3-6-14(11-12,13(17)18)16-9-4-7-15-8-10-16/h12,15H,2-11H2,1H3,(H,17,18). The number of hydrogen-bond acceptors (Lipinski definition) is 3. The predicted molar refractivity (Wildman–Crippen MR) is 71.7 cm³/mol. The molecule has 0 radical (unpaired) electrons. The molecule has 2 rings (SSSR count). The molecule has 18 heavy (non-hydrogen) atoms. The number of aliphatic carboxylic acids is 1. The number of carboxylic acid groups (broad SMARTS) is 1. The third kappa shape index (κ3) is 2.69. The van der Waals surface area contributed by atoms with Gasteiger partial charge in [0.05, 0.1) is 0 Å². The van der Waals surface area contributed by atoms with Crippen LogP contribution in [0.3, 0.4) is 0 Å². The van der Waals surface area contributed by atoms with E-state index < -0.39 is 11.5 Å². The van der Waals surface area contributed by atoms with Gasteiger partial charge in [-0.25, -0.2) is 0 Å². The number of carboxylic acids is 1. The van der Waals surface area contributed by atoms with Gasteiger partial charge in [-0.1, -0.05) is 26.2 Å². The zero-order valence-corrected chi connectivity index (χ0v) is 11.5. The quantitative estimate of drug-likeness (QED) is 0.805. The van der Waals surface area contributed by atoms with Gasteiger partial charge >= 0.3 is 5.97 Å². The Hall–Kier alpha value is -0.610. The van der Waals surface area contributed by atoms with Crippen LogP contribution >= 0.6 is 0 Å². The van der Waals surface area contributed by atoms with Crippen LogP contribution in [0.25, 0.3) is 0 Å². The van der Waals surface area contributed by atoms with E-state index in [1.165, 1.54) is 6.42 Å². The summed E-state index contributed by atoms with van der Waals surface area (Å²) in [6.45, 7) is 5.93. The lowest BCUT2D eigenvalue weighted by Gasteiger charge is -2.45. The van der Waals surface area contributed by atoms with Crippen molar-refractivity contribution in [3.63, 3.8) is 0 Å². The fourth-order valence-corrected chi connectivity index (χ4v) is 3.60. The lowest BCUT2D eigenvalue weighted by atomic mass is 9.73. The second kappa shape index (κ2) is 6.02. The molecule has 2 unspecified atom stereocenters. The van der Waals surface area contributed by atoms with Crippen LogP contribution in [-0.2, 0) is 4.79 Å². The van der Waals surface area contributed by atoms with Crippen LogP contribution < -0.4 is 5.32 Å². The molecular formula is C14H26N2O2. The molecule has 0 amide bonds. The maximum Gasteiger partial charge on any atom is 0.324 e. The van der Waals surface area contributed by atoms with Crippen LogP contribution in [-0.4, -0.2) is 47.7 Å². The van der Waals surface area contributed by atoms with E-state index in [2.05, 4.69) is 17.1 Å². The van der Waals surface area contributed by atoms with Crippen molar-refractivity contribution in [3.05, 3.63) is 0 Å². The van der Waals surface area contributed by atoms with E-state index in [1.54, 1.807) is 0 Å². The van der Waals surface area contributed by atoms with E-state index in [4.69, 9.17) is 0 Å². The van der Waals surface area contributed by atoms with Gasteiger partial charge in [0, 0.05) is 19.6 Å². The molecule has 0 spiro atoms. The largest absolute Gasteiger partial charge is 0.480 e. The highest BCUT2D eigenvalue weighted by Gasteiger charge is 2.46. The van der Waals surface area contributed by atoms with Gasteiger partial charge in [0.25, 0.3) is 0 Å². The molecule has 4 nitrogen and oxygen atoms in total. The van der Waals surface area contributed by atoms with Gasteiger partial charge in [-0.05, 0) is 31.7 Å². The molecular weight excluding hydrogens is 228 g/mol. The minimum Gasteiger partial charge on any atom is -0.480 e. The normalized spacial score (nSPS) is 35.1. The van der Waals surface area contributed by atoms with Crippen molar-refractivity contribution in [2.24, 2.45) is 5.92 Å². The predicted octanol–water partition coefficient (Wildman–Crippen LogP) is 1.71. The minimum absolute atomic E-state index is 0.578. The molecule has 104 valence electrons. The van der Waals surface area contributed by atoms with Crippen LogP contribution in [0, 0.1) is 5.92 Å². The number of nitrogens with zero attached hydrogens (tertiary/aromatic N) is 1. The van der Waals surface area contributed by atoms with Gasteiger partial charge in [-0.2, -0.15) is 0 Å². The molecule has 1 aliphatic heterocycles. The lowest BCUT2D eigenvalue weighted by molar-refractivity contribution is -0.155. The van der Waals surface area contributed by atoms with Crippen LogP contribution in [0.2, 0.25) is 0 Å². The van der Waals surface area contributed by atoms with Gasteiger partial charge < -0.3 is 10.4 Å². The van der Waals surface area contributed by atoms with Crippen LogP contribution in [0.1, 0.15) is 45.4 Å². The monoisotopic (exact) mass is 254 g/mol. The SMILES string of the molecule is CCC1CCCC(C(=O)O)(N2CCCNCC2)C1. The lowest BCUT2D eigenvalue weighted by Crippen LogP contribution is -2.58. The highest BCUT2D eigenvalue weighted by molar-refractivity contribution is 5.79. The Bertz CT molecular complexity index is 288. The summed E-state index contributed by atoms with van der Waals surface area (Å²) in [5.74, 6) is -0.00591. The van der Waals surface area contributed by atoms with E-state index in [-0.39, 0.29) is 0 Å². The number of nitrogens with one attached hydrogen (secondary N) is 1. The molecule has 2 aliphatic rings. The van der Waals surface area contributed by atoms with Crippen molar-refractivity contribution in [2.45, 2.75) is 51.0 Å². The van der Waals surface area contributed by atoms with E-state index in [1.807, 2.05) is 0 Å². The number of carbonyl (C=O) groups is 1. The van der Waals surface area contributed by atoms with Crippen molar-refractivity contribution in [2.75, 3.05) is 26.2 Å². The molecule has 0 aromatic heterocycles. The molecule has 2 atom stereocenters. The van der Waals surface area contributed by atoms with Crippen molar-refractivity contribution >= 4 is 5.97 Å². The smallest absolute Gasteiger partial charge is 0.324 e.